The molecule has 0 aliphatic carbocycles. The summed E-state index contributed by atoms with van der Waals surface area (Å²) in [6.45, 7) is 7.56. The molecule has 1 aromatic rings. The highest BCUT2D eigenvalue weighted by Gasteiger charge is 2.39. The average Bonchev–Trinajstić information content (AvgIpc) is 3.20. The number of phenolic OH excluding ortho intramolecular Hbond substituents is 1. The first-order chi connectivity index (χ1) is 28.4. The highest BCUT2D eigenvalue weighted by molar-refractivity contribution is 5.96. The summed E-state index contributed by atoms with van der Waals surface area (Å²) in [6, 6.07) is 0.602. The zero-order valence-corrected chi connectivity index (χ0v) is 37.0. The van der Waals surface area contributed by atoms with Crippen molar-refractivity contribution in [3.63, 3.8) is 0 Å². The zero-order valence-electron chi connectivity index (χ0n) is 37.0. The van der Waals surface area contributed by atoms with Crippen molar-refractivity contribution in [3.8, 4) is 5.75 Å². The number of aliphatic hydroxyl groups is 2. The molecule has 0 aromatic heterocycles. The molecule has 1 aliphatic heterocycles. The summed E-state index contributed by atoms with van der Waals surface area (Å²) in [7, 11) is 2.73. The number of phenols is 1. The SMILES string of the molecule is CC/C=C1/c2cc(ccc2O)[C@H](N(C)C(=O)CNC(=O)[C@@H](N)NC(=O)[C@@H](CO)N(C)C(=O)CCCCCCCCCCCCCCC)C(=O)N[C@@H](C)C(=O)NC(O)C1(C)C. The van der Waals surface area contributed by atoms with Gasteiger partial charge in [-0.1, -0.05) is 117 Å². The smallest absolute Gasteiger partial charge is 0.257 e. The molecule has 1 aromatic carbocycles. The minimum absolute atomic E-state index is 0.152. The summed E-state index contributed by atoms with van der Waals surface area (Å²) in [4.78, 5) is 81.4. The molecule has 9 N–H and O–H groups in total. The molecule has 6 amide bonds. The van der Waals surface area contributed by atoms with Crippen LogP contribution in [-0.2, 0) is 28.8 Å². The lowest BCUT2D eigenvalue weighted by Gasteiger charge is -2.36. The van der Waals surface area contributed by atoms with Gasteiger partial charge in [0.05, 0.1) is 13.2 Å². The third-order valence-corrected chi connectivity index (χ3v) is 11.3. The fourth-order valence-corrected chi connectivity index (χ4v) is 7.24. The Hall–Kier alpha value is -4.54. The van der Waals surface area contributed by atoms with Crippen LogP contribution in [0, 0.1) is 5.41 Å². The molecule has 0 saturated carbocycles. The first-order valence-corrected chi connectivity index (χ1v) is 21.7. The van der Waals surface area contributed by atoms with Crippen LogP contribution < -0.4 is 27.0 Å². The number of hydrogen-bond donors (Lipinski definition) is 8. The van der Waals surface area contributed by atoms with Gasteiger partial charge >= 0.3 is 0 Å². The van der Waals surface area contributed by atoms with Gasteiger partial charge in [-0.3, -0.25) is 28.8 Å². The van der Waals surface area contributed by atoms with E-state index in [0.717, 1.165) is 29.1 Å². The van der Waals surface area contributed by atoms with E-state index in [1.54, 1.807) is 19.9 Å². The van der Waals surface area contributed by atoms with E-state index in [9.17, 15) is 44.1 Å². The number of rotatable bonds is 23. The molecule has 1 heterocycles. The minimum atomic E-state index is -1.65. The van der Waals surface area contributed by atoms with Crippen LogP contribution in [0.5, 0.6) is 5.75 Å². The molecule has 0 radical (unpaired) electrons. The third-order valence-electron chi connectivity index (χ3n) is 11.3. The fourth-order valence-electron chi connectivity index (χ4n) is 7.24. The number of hydrogen-bond acceptors (Lipinski definition) is 10. The Balaban J connectivity index is 2.00. The van der Waals surface area contributed by atoms with Gasteiger partial charge in [0, 0.05) is 31.5 Å². The second-order valence-electron chi connectivity index (χ2n) is 16.5. The summed E-state index contributed by atoms with van der Waals surface area (Å²) in [5.41, 5.74) is 5.90. The van der Waals surface area contributed by atoms with Crippen molar-refractivity contribution in [2.75, 3.05) is 27.2 Å². The Kier molecular flexibility index (Phi) is 22.3. The summed E-state index contributed by atoms with van der Waals surface area (Å²) >= 11 is 0. The van der Waals surface area contributed by atoms with Gasteiger partial charge in [-0.2, -0.15) is 0 Å². The number of amides is 6. The molecule has 0 spiro atoms. The van der Waals surface area contributed by atoms with Crippen LogP contribution in [-0.4, -0.2) is 112 Å². The van der Waals surface area contributed by atoms with Gasteiger partial charge < -0.3 is 52.1 Å². The van der Waals surface area contributed by atoms with Crippen LogP contribution in [0.15, 0.2) is 24.3 Å². The van der Waals surface area contributed by atoms with E-state index in [-0.39, 0.29) is 29.2 Å². The highest BCUT2D eigenvalue weighted by Crippen LogP contribution is 2.42. The largest absolute Gasteiger partial charge is 0.507 e. The molecule has 60 heavy (non-hydrogen) atoms. The van der Waals surface area contributed by atoms with E-state index in [0.29, 0.717) is 18.4 Å². The van der Waals surface area contributed by atoms with Gasteiger partial charge in [0.1, 0.15) is 30.1 Å². The van der Waals surface area contributed by atoms with Gasteiger partial charge in [0.15, 0.2) is 6.17 Å². The Morgan fingerprint density at radius 1 is 0.867 bits per heavy atom. The number of aliphatic hydroxyl groups excluding tert-OH is 2. The lowest BCUT2D eigenvalue weighted by Crippen LogP contribution is -2.59. The average molecular weight is 844 g/mol. The second kappa shape index (κ2) is 25.9. The highest BCUT2D eigenvalue weighted by atomic mass is 16.3. The number of nitrogens with two attached hydrogens (primary N) is 1. The number of benzene rings is 1. The molecule has 5 atom stereocenters. The molecule has 2 rings (SSSR count). The van der Waals surface area contributed by atoms with E-state index in [1.807, 2.05) is 6.92 Å². The molecular weight excluding hydrogens is 771 g/mol. The molecule has 1 unspecified atom stereocenters. The molecular formula is C44H73N7O9. The van der Waals surface area contributed by atoms with Crippen molar-refractivity contribution in [1.82, 2.24) is 31.1 Å². The van der Waals surface area contributed by atoms with Crippen molar-refractivity contribution in [1.29, 1.82) is 0 Å². The van der Waals surface area contributed by atoms with E-state index >= 15 is 0 Å². The quantitative estimate of drug-likeness (QED) is 0.0589. The van der Waals surface area contributed by atoms with Crippen LogP contribution in [0.3, 0.4) is 0 Å². The van der Waals surface area contributed by atoms with Crippen LogP contribution in [0.2, 0.25) is 0 Å². The number of unbranched alkanes of at least 4 members (excludes halogenated alkanes) is 12. The monoisotopic (exact) mass is 844 g/mol. The van der Waals surface area contributed by atoms with Gasteiger partial charge in [-0.25, -0.2) is 0 Å². The van der Waals surface area contributed by atoms with Crippen molar-refractivity contribution in [3.05, 3.63) is 35.4 Å². The maximum absolute atomic E-state index is 13.7. The van der Waals surface area contributed by atoms with E-state index in [2.05, 4.69) is 28.2 Å². The lowest BCUT2D eigenvalue weighted by molar-refractivity contribution is -0.142. The number of fused-ring (bicyclic) bond motifs is 2. The Labute approximate surface area is 356 Å². The fraction of sp³-hybridized carbons (Fsp3) is 0.682. The summed E-state index contributed by atoms with van der Waals surface area (Å²) < 4.78 is 0. The van der Waals surface area contributed by atoms with Crippen molar-refractivity contribution in [2.45, 2.75) is 161 Å². The number of carbonyl (C=O) groups excluding carboxylic acids is 6. The number of likely N-dealkylation sites (N-methyl/N-ethyl adjacent to an activating group) is 2. The molecule has 0 saturated heterocycles. The van der Waals surface area contributed by atoms with Crippen molar-refractivity contribution in [2.24, 2.45) is 11.1 Å². The molecule has 16 heteroatoms. The second-order valence-corrected chi connectivity index (χ2v) is 16.5. The molecule has 0 fully saturated rings. The van der Waals surface area contributed by atoms with Gasteiger partial charge in [-0.05, 0) is 43.0 Å². The van der Waals surface area contributed by atoms with Gasteiger partial charge in [0.25, 0.3) is 5.91 Å². The van der Waals surface area contributed by atoms with Crippen LogP contribution in [0.25, 0.3) is 5.57 Å². The van der Waals surface area contributed by atoms with Gasteiger partial charge in [0.2, 0.25) is 29.5 Å². The molecule has 2 bridgehead atoms. The molecule has 16 nitrogen and oxygen atoms in total. The van der Waals surface area contributed by atoms with Crippen molar-refractivity contribution < 1.29 is 44.1 Å². The number of nitrogens with one attached hydrogen (secondary N) is 4. The maximum atomic E-state index is 13.7. The predicted octanol–water partition coefficient (Wildman–Crippen LogP) is 3.48. The topological polar surface area (TPSA) is 244 Å². The summed E-state index contributed by atoms with van der Waals surface area (Å²) in [5, 5.41) is 41.7. The van der Waals surface area contributed by atoms with Crippen LogP contribution >= 0.6 is 0 Å². The Bertz CT molecular complexity index is 1620. The molecule has 338 valence electrons. The Morgan fingerprint density at radius 3 is 1.98 bits per heavy atom. The molecule has 1 aliphatic rings. The van der Waals surface area contributed by atoms with Crippen molar-refractivity contribution >= 4 is 41.0 Å². The normalized spacial score (nSPS) is 19.5. The minimum Gasteiger partial charge on any atom is -0.507 e. The number of aromatic hydroxyl groups is 1. The van der Waals surface area contributed by atoms with Crippen LogP contribution in [0.4, 0.5) is 0 Å². The first kappa shape index (κ1) is 51.6. The maximum Gasteiger partial charge on any atom is 0.257 e. The predicted molar refractivity (Wildman–Crippen MR) is 231 cm³/mol. The van der Waals surface area contributed by atoms with E-state index < -0.39 is 78.6 Å². The van der Waals surface area contributed by atoms with Crippen LogP contribution in [0.1, 0.15) is 148 Å². The number of carbonyl (C=O) groups is 6. The van der Waals surface area contributed by atoms with Gasteiger partial charge in [-0.15, -0.1) is 0 Å². The van der Waals surface area contributed by atoms with E-state index in [4.69, 9.17) is 5.73 Å². The summed E-state index contributed by atoms with van der Waals surface area (Å²) in [5.74, 6) is -4.46. The van der Waals surface area contributed by atoms with E-state index in [1.165, 1.54) is 97.0 Å². The number of allylic oxidation sites excluding steroid dienone is 1. The Morgan fingerprint density at radius 2 is 1.43 bits per heavy atom. The standard InChI is InChI=1S/C44H73N7O9/c1-8-10-11-12-13-14-15-16-17-18-19-20-21-23-35(54)50(6)33(28-52)40(57)48-38(45)42(59)46-27-36(55)51(7)37-30-24-25-34(53)31(26-30)32(22-9-2)44(4,5)43(60)49-39(56)29(3)47-41(37)58/h22,24-26,29,33,37-38,43,52-53,60H,8-21,23,27-28,45H2,1-7H3,(H,46,59)(H,47,58)(H,48,57)(H,49,56)/b32-22-/t29-,33+,37-,38-,43?/m0/s1. The first-order valence-electron chi connectivity index (χ1n) is 21.7. The zero-order chi connectivity index (χ0) is 45.0. The third kappa shape index (κ3) is 15.5. The lowest BCUT2D eigenvalue weighted by atomic mass is 9.77. The number of nitrogens with zero attached hydrogens (tertiary/aromatic N) is 2. The summed E-state index contributed by atoms with van der Waals surface area (Å²) in [6.07, 6.45) is 14.6.